The smallest absolute Gasteiger partial charge is 0.256 e. The molecule has 6 heteroatoms. The highest BCUT2D eigenvalue weighted by Gasteiger charge is 2.24. The summed E-state index contributed by atoms with van der Waals surface area (Å²) >= 11 is 0. The fraction of sp³-hybridized carbons (Fsp3) is 0.200. The van der Waals surface area contributed by atoms with Crippen LogP contribution in [-0.4, -0.2) is 25.1 Å². The van der Waals surface area contributed by atoms with Crippen LogP contribution in [0.1, 0.15) is 22.3 Å². The van der Waals surface area contributed by atoms with E-state index >= 15 is 0 Å². The molecule has 0 radical (unpaired) electrons. The summed E-state index contributed by atoms with van der Waals surface area (Å²) in [5, 5.41) is 2.69. The number of carbonyl (C=O) groups is 1. The van der Waals surface area contributed by atoms with E-state index in [0.717, 1.165) is 5.56 Å². The molecule has 0 saturated carbocycles. The molecule has 108 valence electrons. The Morgan fingerprint density at radius 1 is 1.19 bits per heavy atom. The lowest BCUT2D eigenvalue weighted by Gasteiger charge is -2.16. The number of hydrogen-bond donors (Lipinski definition) is 1. The van der Waals surface area contributed by atoms with Crippen LogP contribution in [0.5, 0.6) is 0 Å². The third-order valence-electron chi connectivity index (χ3n) is 3.42. The highest BCUT2D eigenvalue weighted by atomic mass is 32.2. The van der Waals surface area contributed by atoms with Gasteiger partial charge in [0.15, 0.2) is 9.84 Å². The number of anilines is 1. The van der Waals surface area contributed by atoms with Gasteiger partial charge in [0.1, 0.15) is 5.82 Å². The molecule has 21 heavy (non-hydrogen) atoms. The number of fused-ring (bicyclic) bond motifs is 1. The van der Waals surface area contributed by atoms with Gasteiger partial charge >= 0.3 is 0 Å². The summed E-state index contributed by atoms with van der Waals surface area (Å²) in [5.74, 6) is 0.353. The molecule has 0 bridgehead atoms. The van der Waals surface area contributed by atoms with Gasteiger partial charge in [-0.15, -0.1) is 0 Å². The van der Waals surface area contributed by atoms with E-state index < -0.39 is 9.84 Å². The van der Waals surface area contributed by atoms with Gasteiger partial charge in [-0.2, -0.15) is 0 Å². The Morgan fingerprint density at radius 2 is 2.05 bits per heavy atom. The molecule has 0 unspecified atom stereocenters. The lowest BCUT2D eigenvalue weighted by atomic mass is 10.1. The zero-order valence-corrected chi connectivity index (χ0v) is 12.1. The van der Waals surface area contributed by atoms with Crippen molar-refractivity contribution in [1.29, 1.82) is 0 Å². The summed E-state index contributed by atoms with van der Waals surface area (Å²) < 4.78 is 23.9. The van der Waals surface area contributed by atoms with Crippen molar-refractivity contribution in [2.24, 2.45) is 0 Å². The van der Waals surface area contributed by atoms with Crippen LogP contribution in [0.4, 0.5) is 5.82 Å². The number of pyridine rings is 1. The monoisotopic (exact) mass is 302 g/mol. The molecular formula is C15H14N2O3S. The third-order valence-corrected chi connectivity index (χ3v) is 5.32. The third kappa shape index (κ3) is 2.80. The van der Waals surface area contributed by atoms with E-state index in [4.69, 9.17) is 0 Å². The summed E-state index contributed by atoms with van der Waals surface area (Å²) in [5.41, 5.74) is 1.16. The van der Waals surface area contributed by atoms with Crippen LogP contribution in [0.2, 0.25) is 0 Å². The van der Waals surface area contributed by atoms with Gasteiger partial charge in [-0.1, -0.05) is 6.07 Å². The molecular weight excluding hydrogens is 288 g/mol. The van der Waals surface area contributed by atoms with Crippen LogP contribution in [-0.2, 0) is 16.3 Å². The molecule has 1 aliphatic rings. The van der Waals surface area contributed by atoms with Gasteiger partial charge in [0.2, 0.25) is 0 Å². The lowest BCUT2D eigenvalue weighted by molar-refractivity contribution is 0.102. The summed E-state index contributed by atoms with van der Waals surface area (Å²) in [6.45, 7) is 0. The van der Waals surface area contributed by atoms with Gasteiger partial charge in [-0.25, -0.2) is 13.4 Å². The number of nitrogens with one attached hydrogen (secondary N) is 1. The Labute approximate surface area is 122 Å². The molecule has 1 aromatic carbocycles. The standard InChI is InChI=1S/C15H14N2O3S/c18-15(17-14-5-1-2-8-16-14)12-6-7-13-11(10-12)4-3-9-21(13,19)20/h1-2,5-8,10H,3-4,9H2,(H,16,17,18). The number of hydrogen-bond acceptors (Lipinski definition) is 4. The zero-order valence-electron chi connectivity index (χ0n) is 11.2. The maximum absolute atomic E-state index is 12.2. The molecule has 0 fully saturated rings. The van der Waals surface area contributed by atoms with E-state index in [1.807, 2.05) is 0 Å². The Kier molecular flexibility index (Phi) is 3.47. The van der Waals surface area contributed by atoms with Crippen molar-refractivity contribution < 1.29 is 13.2 Å². The van der Waals surface area contributed by atoms with Crippen molar-refractivity contribution in [3.63, 3.8) is 0 Å². The average Bonchev–Trinajstić information content (AvgIpc) is 2.47. The lowest BCUT2D eigenvalue weighted by Crippen LogP contribution is -2.18. The van der Waals surface area contributed by atoms with Crippen LogP contribution >= 0.6 is 0 Å². The van der Waals surface area contributed by atoms with Gasteiger partial charge in [0.25, 0.3) is 5.91 Å². The van der Waals surface area contributed by atoms with Crippen molar-refractivity contribution in [2.45, 2.75) is 17.7 Å². The minimum Gasteiger partial charge on any atom is -0.307 e. The van der Waals surface area contributed by atoms with Crippen molar-refractivity contribution in [3.05, 3.63) is 53.7 Å². The van der Waals surface area contributed by atoms with Gasteiger partial charge < -0.3 is 5.32 Å². The molecule has 0 atom stereocenters. The Morgan fingerprint density at radius 3 is 2.81 bits per heavy atom. The first-order chi connectivity index (χ1) is 10.1. The van der Waals surface area contributed by atoms with E-state index in [1.165, 1.54) is 6.07 Å². The summed E-state index contributed by atoms with van der Waals surface area (Å²) in [6.07, 6.45) is 2.87. The van der Waals surface area contributed by atoms with Crippen LogP contribution in [0, 0.1) is 0 Å². The fourth-order valence-electron chi connectivity index (χ4n) is 2.41. The topological polar surface area (TPSA) is 76.1 Å². The van der Waals surface area contributed by atoms with Crippen molar-refractivity contribution in [3.8, 4) is 0 Å². The van der Waals surface area contributed by atoms with Crippen LogP contribution in [0.15, 0.2) is 47.5 Å². The maximum atomic E-state index is 12.2. The van der Waals surface area contributed by atoms with E-state index in [-0.39, 0.29) is 11.7 Å². The number of amides is 1. The van der Waals surface area contributed by atoms with E-state index in [2.05, 4.69) is 10.3 Å². The Bertz CT molecular complexity index is 786. The normalized spacial score (nSPS) is 16.0. The summed E-state index contributed by atoms with van der Waals surface area (Å²) in [7, 11) is -3.19. The molecule has 2 heterocycles. The molecule has 2 aromatic rings. The van der Waals surface area contributed by atoms with Crippen LogP contribution in [0.3, 0.4) is 0 Å². The van der Waals surface area contributed by atoms with Gasteiger partial charge in [0.05, 0.1) is 10.6 Å². The molecule has 5 nitrogen and oxygen atoms in total. The Hall–Kier alpha value is -2.21. The maximum Gasteiger partial charge on any atom is 0.256 e. The SMILES string of the molecule is O=C(Nc1ccccn1)c1ccc2c(c1)CCCS2(=O)=O. The minimum absolute atomic E-state index is 0.180. The predicted octanol–water partition coefficient (Wildman–Crippen LogP) is 2.05. The van der Waals surface area contributed by atoms with E-state index in [1.54, 1.807) is 36.5 Å². The summed E-state index contributed by atoms with van der Waals surface area (Å²) in [4.78, 5) is 16.5. The highest BCUT2D eigenvalue weighted by Crippen LogP contribution is 2.26. The minimum atomic E-state index is -3.19. The van der Waals surface area contributed by atoms with Gasteiger partial charge in [-0.3, -0.25) is 4.79 Å². The number of rotatable bonds is 2. The largest absolute Gasteiger partial charge is 0.307 e. The second-order valence-electron chi connectivity index (χ2n) is 4.91. The van der Waals surface area contributed by atoms with Gasteiger partial charge in [-0.05, 0) is 48.7 Å². The first-order valence-corrected chi connectivity index (χ1v) is 8.29. The average molecular weight is 302 g/mol. The quantitative estimate of drug-likeness (QED) is 0.921. The predicted molar refractivity (Wildman–Crippen MR) is 79.0 cm³/mol. The van der Waals surface area contributed by atoms with Crippen LogP contribution < -0.4 is 5.32 Å². The number of benzene rings is 1. The zero-order chi connectivity index (χ0) is 14.9. The molecule has 1 N–H and O–H groups in total. The van der Waals surface area contributed by atoms with E-state index in [0.29, 0.717) is 29.1 Å². The van der Waals surface area contributed by atoms with Gasteiger partial charge in [0, 0.05) is 11.8 Å². The van der Waals surface area contributed by atoms with Crippen molar-refractivity contribution in [2.75, 3.05) is 11.1 Å². The molecule has 0 aliphatic carbocycles. The molecule has 1 aromatic heterocycles. The number of sulfone groups is 1. The number of aryl methyl sites for hydroxylation is 1. The molecule has 1 amide bonds. The second kappa shape index (κ2) is 5.29. The van der Waals surface area contributed by atoms with Crippen molar-refractivity contribution in [1.82, 2.24) is 4.98 Å². The second-order valence-corrected chi connectivity index (χ2v) is 6.99. The first-order valence-electron chi connectivity index (χ1n) is 6.64. The molecule has 0 spiro atoms. The van der Waals surface area contributed by atoms with Crippen molar-refractivity contribution >= 4 is 21.6 Å². The molecule has 0 saturated heterocycles. The number of aromatic nitrogens is 1. The molecule has 3 rings (SSSR count). The molecule has 1 aliphatic heterocycles. The number of carbonyl (C=O) groups excluding carboxylic acids is 1. The van der Waals surface area contributed by atoms with E-state index in [9.17, 15) is 13.2 Å². The number of nitrogens with zero attached hydrogens (tertiary/aromatic N) is 1. The highest BCUT2D eigenvalue weighted by molar-refractivity contribution is 7.91. The fourth-order valence-corrected chi connectivity index (χ4v) is 3.99. The first kappa shape index (κ1) is 13.8. The summed E-state index contributed by atoms with van der Waals surface area (Å²) in [6, 6.07) is 9.96. The van der Waals surface area contributed by atoms with Crippen LogP contribution in [0.25, 0.3) is 0 Å². The Balaban J connectivity index is 1.89.